The molecule has 0 aliphatic carbocycles. The first-order chi connectivity index (χ1) is 10.5. The molecule has 0 heterocycles. The van der Waals surface area contributed by atoms with Crippen LogP contribution in [-0.2, 0) is 0 Å². The van der Waals surface area contributed by atoms with Crippen molar-refractivity contribution >= 4 is 23.0 Å². The standard InChI is InChI=1S/C19H25ClN2/c1-13(2)18(15-5-4-6-16(21)11-15)9-10-22-17-8-7-14(3)19(20)12-17/h4-8,11-13,18,22H,9-10,21H2,1-3H3. The Kier molecular flexibility index (Phi) is 5.73. The quantitative estimate of drug-likeness (QED) is 0.693. The zero-order valence-electron chi connectivity index (χ0n) is 13.6. The number of halogens is 1. The van der Waals surface area contributed by atoms with E-state index in [1.54, 1.807) is 0 Å². The van der Waals surface area contributed by atoms with E-state index in [2.05, 4.69) is 37.4 Å². The molecule has 2 aromatic rings. The number of nitrogens with one attached hydrogen (secondary N) is 1. The summed E-state index contributed by atoms with van der Waals surface area (Å²) < 4.78 is 0. The van der Waals surface area contributed by atoms with E-state index in [1.807, 2.05) is 31.2 Å². The van der Waals surface area contributed by atoms with E-state index < -0.39 is 0 Å². The zero-order chi connectivity index (χ0) is 16.1. The summed E-state index contributed by atoms with van der Waals surface area (Å²) in [6.45, 7) is 7.45. The zero-order valence-corrected chi connectivity index (χ0v) is 14.3. The Morgan fingerprint density at radius 3 is 2.55 bits per heavy atom. The Morgan fingerprint density at radius 1 is 1.14 bits per heavy atom. The van der Waals surface area contributed by atoms with Crippen LogP contribution < -0.4 is 11.1 Å². The van der Waals surface area contributed by atoms with Crippen LogP contribution in [0.15, 0.2) is 42.5 Å². The summed E-state index contributed by atoms with van der Waals surface area (Å²) in [5, 5.41) is 4.27. The minimum absolute atomic E-state index is 0.497. The molecule has 1 atom stereocenters. The van der Waals surface area contributed by atoms with Gasteiger partial charge in [0.15, 0.2) is 0 Å². The average Bonchev–Trinajstić information content (AvgIpc) is 2.47. The number of aryl methyl sites for hydroxylation is 1. The van der Waals surface area contributed by atoms with Gasteiger partial charge in [-0.1, -0.05) is 43.6 Å². The Morgan fingerprint density at radius 2 is 1.91 bits per heavy atom. The number of anilines is 2. The van der Waals surface area contributed by atoms with Crippen molar-refractivity contribution < 1.29 is 0 Å². The second kappa shape index (κ2) is 7.55. The molecule has 0 saturated carbocycles. The maximum absolute atomic E-state index is 6.17. The van der Waals surface area contributed by atoms with Gasteiger partial charge in [0.25, 0.3) is 0 Å². The maximum atomic E-state index is 6.17. The summed E-state index contributed by atoms with van der Waals surface area (Å²) in [6.07, 6.45) is 1.06. The highest BCUT2D eigenvalue weighted by Gasteiger charge is 2.15. The van der Waals surface area contributed by atoms with Gasteiger partial charge >= 0.3 is 0 Å². The molecular formula is C19H25ClN2. The monoisotopic (exact) mass is 316 g/mol. The molecule has 118 valence electrons. The van der Waals surface area contributed by atoms with Crippen molar-refractivity contribution in [3.8, 4) is 0 Å². The number of hydrogen-bond acceptors (Lipinski definition) is 2. The van der Waals surface area contributed by atoms with Crippen LogP contribution >= 0.6 is 11.6 Å². The van der Waals surface area contributed by atoms with E-state index in [1.165, 1.54) is 5.56 Å². The van der Waals surface area contributed by atoms with E-state index in [0.717, 1.165) is 34.9 Å². The van der Waals surface area contributed by atoms with Gasteiger partial charge in [0.05, 0.1) is 0 Å². The summed E-state index contributed by atoms with van der Waals surface area (Å²) in [5.41, 5.74) is 10.2. The molecule has 0 aliphatic rings. The van der Waals surface area contributed by atoms with Crippen LogP contribution in [-0.4, -0.2) is 6.54 Å². The summed E-state index contributed by atoms with van der Waals surface area (Å²) in [7, 11) is 0. The van der Waals surface area contributed by atoms with Crippen molar-refractivity contribution in [2.75, 3.05) is 17.6 Å². The average molecular weight is 317 g/mol. The molecule has 2 rings (SSSR count). The van der Waals surface area contributed by atoms with Crippen LogP contribution in [0.3, 0.4) is 0 Å². The topological polar surface area (TPSA) is 38.0 Å². The molecule has 0 aromatic heterocycles. The SMILES string of the molecule is Cc1ccc(NCCC(c2cccc(N)c2)C(C)C)cc1Cl. The normalized spacial score (nSPS) is 12.4. The third kappa shape index (κ3) is 4.41. The molecule has 0 saturated heterocycles. The molecule has 0 spiro atoms. The number of hydrogen-bond donors (Lipinski definition) is 2. The van der Waals surface area contributed by atoms with Crippen molar-refractivity contribution in [1.29, 1.82) is 0 Å². The second-order valence-electron chi connectivity index (χ2n) is 6.20. The smallest absolute Gasteiger partial charge is 0.0455 e. The van der Waals surface area contributed by atoms with Gasteiger partial charge in [-0.15, -0.1) is 0 Å². The Hall–Kier alpha value is -1.67. The highest BCUT2D eigenvalue weighted by molar-refractivity contribution is 6.31. The molecule has 0 aliphatic heterocycles. The van der Waals surface area contributed by atoms with E-state index >= 15 is 0 Å². The van der Waals surface area contributed by atoms with Gasteiger partial charge in [-0.05, 0) is 60.6 Å². The first kappa shape index (κ1) is 16.7. The number of nitrogen functional groups attached to an aromatic ring is 1. The Labute approximate surface area is 138 Å². The molecule has 0 bridgehead atoms. The molecule has 3 N–H and O–H groups in total. The summed E-state index contributed by atoms with van der Waals surface area (Å²) in [4.78, 5) is 0. The fourth-order valence-corrected chi connectivity index (χ4v) is 2.93. The minimum atomic E-state index is 0.497. The largest absolute Gasteiger partial charge is 0.399 e. The van der Waals surface area contributed by atoms with Crippen LogP contribution in [0, 0.1) is 12.8 Å². The van der Waals surface area contributed by atoms with Crippen molar-refractivity contribution in [3.63, 3.8) is 0 Å². The van der Waals surface area contributed by atoms with Gasteiger partial charge in [-0.3, -0.25) is 0 Å². The number of benzene rings is 2. The lowest BCUT2D eigenvalue weighted by atomic mass is 9.85. The van der Waals surface area contributed by atoms with Gasteiger partial charge in [0.1, 0.15) is 0 Å². The molecule has 0 amide bonds. The van der Waals surface area contributed by atoms with Crippen LogP contribution in [0.4, 0.5) is 11.4 Å². The van der Waals surface area contributed by atoms with Gasteiger partial charge in [0, 0.05) is 22.9 Å². The van der Waals surface area contributed by atoms with Crippen LogP contribution in [0.2, 0.25) is 5.02 Å². The van der Waals surface area contributed by atoms with Gasteiger partial charge in [-0.25, -0.2) is 0 Å². The van der Waals surface area contributed by atoms with E-state index in [-0.39, 0.29) is 0 Å². The van der Waals surface area contributed by atoms with Gasteiger partial charge in [0.2, 0.25) is 0 Å². The molecule has 22 heavy (non-hydrogen) atoms. The number of rotatable bonds is 6. The third-order valence-electron chi connectivity index (χ3n) is 4.10. The molecular weight excluding hydrogens is 292 g/mol. The maximum Gasteiger partial charge on any atom is 0.0455 e. The molecule has 0 radical (unpaired) electrons. The third-order valence-corrected chi connectivity index (χ3v) is 4.51. The molecule has 2 nitrogen and oxygen atoms in total. The fraction of sp³-hybridized carbons (Fsp3) is 0.368. The van der Waals surface area contributed by atoms with Crippen LogP contribution in [0.1, 0.15) is 37.3 Å². The Bertz CT molecular complexity index is 623. The number of nitrogens with two attached hydrogens (primary N) is 1. The molecule has 2 aromatic carbocycles. The highest BCUT2D eigenvalue weighted by Crippen LogP contribution is 2.29. The lowest BCUT2D eigenvalue weighted by Gasteiger charge is -2.22. The van der Waals surface area contributed by atoms with Crippen LogP contribution in [0.5, 0.6) is 0 Å². The Balaban J connectivity index is 1.99. The van der Waals surface area contributed by atoms with Crippen LogP contribution in [0.25, 0.3) is 0 Å². The second-order valence-corrected chi connectivity index (χ2v) is 6.61. The lowest BCUT2D eigenvalue weighted by Crippen LogP contribution is -2.13. The molecule has 3 heteroatoms. The van der Waals surface area contributed by atoms with Crippen molar-refractivity contribution in [2.45, 2.75) is 33.1 Å². The first-order valence-corrected chi connectivity index (χ1v) is 8.20. The predicted molar refractivity (Wildman–Crippen MR) is 97.7 cm³/mol. The first-order valence-electron chi connectivity index (χ1n) is 7.83. The minimum Gasteiger partial charge on any atom is -0.399 e. The summed E-state index contributed by atoms with van der Waals surface area (Å²) in [5.74, 6) is 1.07. The van der Waals surface area contributed by atoms with Crippen molar-refractivity contribution in [2.24, 2.45) is 5.92 Å². The lowest BCUT2D eigenvalue weighted by molar-refractivity contribution is 0.478. The van der Waals surface area contributed by atoms with Crippen molar-refractivity contribution in [3.05, 3.63) is 58.6 Å². The predicted octanol–water partition coefficient (Wildman–Crippen LogP) is 5.47. The highest BCUT2D eigenvalue weighted by atomic mass is 35.5. The van der Waals surface area contributed by atoms with Gasteiger partial charge in [-0.2, -0.15) is 0 Å². The van der Waals surface area contributed by atoms with Gasteiger partial charge < -0.3 is 11.1 Å². The summed E-state index contributed by atoms with van der Waals surface area (Å²) in [6, 6.07) is 14.3. The summed E-state index contributed by atoms with van der Waals surface area (Å²) >= 11 is 6.17. The van der Waals surface area contributed by atoms with Crippen molar-refractivity contribution in [1.82, 2.24) is 0 Å². The fourth-order valence-electron chi connectivity index (χ4n) is 2.75. The van der Waals surface area contributed by atoms with E-state index in [0.29, 0.717) is 11.8 Å². The molecule has 0 fully saturated rings. The van der Waals surface area contributed by atoms with E-state index in [4.69, 9.17) is 17.3 Å². The van der Waals surface area contributed by atoms with E-state index in [9.17, 15) is 0 Å². The molecule has 1 unspecified atom stereocenters.